The van der Waals surface area contributed by atoms with Crippen molar-refractivity contribution in [3.05, 3.63) is 0 Å². The number of amides is 1. The summed E-state index contributed by atoms with van der Waals surface area (Å²) in [5.74, 6) is 0.897. The van der Waals surface area contributed by atoms with Gasteiger partial charge < -0.3 is 20.3 Å². The van der Waals surface area contributed by atoms with Crippen LogP contribution in [0.25, 0.3) is 0 Å². The molecule has 27 heavy (non-hydrogen) atoms. The van der Waals surface area contributed by atoms with Crippen LogP contribution in [-0.4, -0.2) is 91.3 Å². The van der Waals surface area contributed by atoms with Gasteiger partial charge in [-0.15, -0.1) is 0 Å². The highest BCUT2D eigenvalue weighted by atomic mass is 32.2. The average Bonchev–Trinajstić information content (AvgIpc) is 3.07. The van der Waals surface area contributed by atoms with Crippen molar-refractivity contribution in [1.82, 2.24) is 20.4 Å². The minimum atomic E-state index is -0.434. The normalized spacial score (nSPS) is 24.8. The van der Waals surface area contributed by atoms with E-state index >= 15 is 0 Å². The van der Waals surface area contributed by atoms with E-state index in [2.05, 4.69) is 26.8 Å². The molecule has 1 saturated heterocycles. The summed E-state index contributed by atoms with van der Waals surface area (Å²) in [4.78, 5) is 20.7. The summed E-state index contributed by atoms with van der Waals surface area (Å²) in [5, 5.41) is 7.76. The van der Waals surface area contributed by atoms with E-state index in [9.17, 15) is 4.79 Å². The maximum atomic E-state index is 12.1. The van der Waals surface area contributed by atoms with Gasteiger partial charge >= 0.3 is 6.09 Å². The number of carbonyl (C=O) groups excluding carboxylic acids is 1. The van der Waals surface area contributed by atoms with Gasteiger partial charge in [-0.05, 0) is 46.3 Å². The van der Waals surface area contributed by atoms with Crippen molar-refractivity contribution in [3.8, 4) is 0 Å². The first-order valence-corrected chi connectivity index (χ1v) is 11.3. The zero-order valence-corrected chi connectivity index (χ0v) is 18.4. The fourth-order valence-corrected chi connectivity index (χ4v) is 4.28. The predicted molar refractivity (Wildman–Crippen MR) is 114 cm³/mol. The van der Waals surface area contributed by atoms with Crippen LogP contribution in [0.3, 0.4) is 0 Å². The zero-order chi connectivity index (χ0) is 19.9. The number of nitrogens with one attached hydrogen (secondary N) is 2. The first kappa shape index (κ1) is 22.1. The molecule has 2 rings (SSSR count). The van der Waals surface area contributed by atoms with Gasteiger partial charge in [0.25, 0.3) is 0 Å². The number of aliphatic imine (C=N–C) groups is 1. The Bertz CT molecular complexity index is 501. The lowest BCUT2D eigenvalue weighted by molar-refractivity contribution is 0.0147. The molecule has 156 valence electrons. The monoisotopic (exact) mass is 399 g/mol. The van der Waals surface area contributed by atoms with Crippen LogP contribution < -0.4 is 10.6 Å². The van der Waals surface area contributed by atoms with E-state index in [-0.39, 0.29) is 6.09 Å². The average molecular weight is 400 g/mol. The second-order valence-electron chi connectivity index (χ2n) is 8.32. The number of carbonyl (C=O) groups is 1. The molecule has 2 unspecified atom stereocenters. The molecule has 0 aromatic rings. The Labute approximate surface area is 168 Å². The van der Waals surface area contributed by atoms with Crippen LogP contribution in [0.5, 0.6) is 0 Å². The van der Waals surface area contributed by atoms with Crippen LogP contribution in [-0.2, 0) is 4.74 Å². The molecule has 0 radical (unpaired) electrons. The van der Waals surface area contributed by atoms with Crippen LogP contribution in [0, 0.1) is 0 Å². The Morgan fingerprint density at radius 2 is 1.93 bits per heavy atom. The highest BCUT2D eigenvalue weighted by Gasteiger charge is 2.26. The molecule has 2 atom stereocenters. The third-order valence-electron chi connectivity index (χ3n) is 5.03. The molecule has 1 aliphatic heterocycles. The van der Waals surface area contributed by atoms with E-state index < -0.39 is 5.60 Å². The van der Waals surface area contributed by atoms with Crippen LogP contribution in [0.1, 0.15) is 40.0 Å². The molecule has 0 bridgehead atoms. The number of hydrogen-bond acceptors (Lipinski definition) is 5. The SMILES string of the molecule is CN=C(NCCN1CCN(C(=O)OC(C)(C)C)CC1)NC1CCC(SC)C1. The summed E-state index contributed by atoms with van der Waals surface area (Å²) < 4.78 is 5.45. The van der Waals surface area contributed by atoms with Crippen LogP contribution in [0.2, 0.25) is 0 Å². The van der Waals surface area contributed by atoms with Gasteiger partial charge in [0.05, 0.1) is 0 Å². The molecule has 8 heteroatoms. The van der Waals surface area contributed by atoms with Crippen LogP contribution in [0.4, 0.5) is 4.79 Å². The molecule has 1 heterocycles. The fourth-order valence-electron chi connectivity index (χ4n) is 3.49. The molecular formula is C19H37N5O2S. The third-order valence-corrected chi connectivity index (χ3v) is 6.12. The number of ether oxygens (including phenoxy) is 1. The standard InChI is InChI=1S/C19H37N5O2S/c1-19(2,3)26-18(25)24-12-10-23(11-13-24)9-8-21-17(20-4)22-15-6-7-16(14-15)27-5/h15-16H,6-14H2,1-5H3,(H2,20,21,22). The second-order valence-corrected chi connectivity index (χ2v) is 9.46. The van der Waals surface area contributed by atoms with Crippen molar-refractivity contribution in [2.24, 2.45) is 4.99 Å². The molecular weight excluding hydrogens is 362 g/mol. The molecule has 2 fully saturated rings. The van der Waals surface area contributed by atoms with E-state index in [4.69, 9.17) is 4.74 Å². The van der Waals surface area contributed by atoms with Crippen molar-refractivity contribution in [3.63, 3.8) is 0 Å². The minimum Gasteiger partial charge on any atom is -0.444 e. The second kappa shape index (κ2) is 10.4. The van der Waals surface area contributed by atoms with E-state index in [1.807, 2.05) is 39.6 Å². The Balaban J connectivity index is 1.62. The maximum absolute atomic E-state index is 12.1. The van der Waals surface area contributed by atoms with Crippen molar-refractivity contribution >= 4 is 23.8 Å². The maximum Gasteiger partial charge on any atom is 0.410 e. The van der Waals surface area contributed by atoms with E-state index in [1.165, 1.54) is 19.3 Å². The van der Waals surface area contributed by atoms with Gasteiger partial charge in [-0.1, -0.05) is 0 Å². The Morgan fingerprint density at radius 1 is 1.22 bits per heavy atom. The highest BCUT2D eigenvalue weighted by Crippen LogP contribution is 2.27. The molecule has 7 nitrogen and oxygen atoms in total. The van der Waals surface area contributed by atoms with Crippen molar-refractivity contribution in [2.75, 3.05) is 52.6 Å². The smallest absolute Gasteiger partial charge is 0.410 e. The summed E-state index contributed by atoms with van der Waals surface area (Å²) in [6.45, 7) is 10.7. The van der Waals surface area contributed by atoms with Gasteiger partial charge in [0, 0.05) is 57.6 Å². The summed E-state index contributed by atoms with van der Waals surface area (Å²) in [5.41, 5.74) is -0.434. The largest absolute Gasteiger partial charge is 0.444 e. The van der Waals surface area contributed by atoms with Crippen molar-refractivity contribution in [2.45, 2.75) is 56.9 Å². The first-order valence-electron chi connectivity index (χ1n) is 10.0. The van der Waals surface area contributed by atoms with Gasteiger partial charge in [0.15, 0.2) is 5.96 Å². The van der Waals surface area contributed by atoms with Gasteiger partial charge in [-0.2, -0.15) is 11.8 Å². The fraction of sp³-hybridized carbons (Fsp3) is 0.895. The van der Waals surface area contributed by atoms with E-state index in [0.29, 0.717) is 6.04 Å². The number of piperazine rings is 1. The van der Waals surface area contributed by atoms with Crippen molar-refractivity contribution < 1.29 is 9.53 Å². The van der Waals surface area contributed by atoms with Crippen LogP contribution in [0.15, 0.2) is 4.99 Å². The number of guanidine groups is 1. The summed E-state index contributed by atoms with van der Waals surface area (Å²) in [6, 6.07) is 0.533. The molecule has 1 saturated carbocycles. The zero-order valence-electron chi connectivity index (χ0n) is 17.6. The van der Waals surface area contributed by atoms with E-state index in [0.717, 1.165) is 50.5 Å². The van der Waals surface area contributed by atoms with Gasteiger partial charge in [-0.25, -0.2) is 4.79 Å². The summed E-state index contributed by atoms with van der Waals surface area (Å²) in [7, 11) is 1.83. The summed E-state index contributed by atoms with van der Waals surface area (Å²) >= 11 is 1.97. The first-order chi connectivity index (χ1) is 12.8. The predicted octanol–water partition coefficient (Wildman–Crippen LogP) is 1.99. The van der Waals surface area contributed by atoms with Gasteiger partial charge in [0.1, 0.15) is 5.60 Å². The van der Waals surface area contributed by atoms with Crippen molar-refractivity contribution in [1.29, 1.82) is 0 Å². The third kappa shape index (κ3) is 7.78. The number of thioether (sulfide) groups is 1. The lowest BCUT2D eigenvalue weighted by atomic mass is 10.2. The number of hydrogen-bond donors (Lipinski definition) is 2. The highest BCUT2D eigenvalue weighted by molar-refractivity contribution is 7.99. The Hall–Kier alpha value is -1.15. The topological polar surface area (TPSA) is 69.2 Å². The Kier molecular flexibility index (Phi) is 8.54. The molecule has 2 N–H and O–H groups in total. The molecule has 0 aromatic heterocycles. The molecule has 0 aromatic carbocycles. The molecule has 1 aliphatic carbocycles. The molecule has 0 spiro atoms. The summed E-state index contributed by atoms with van der Waals surface area (Å²) in [6.07, 6.45) is 5.72. The minimum absolute atomic E-state index is 0.204. The molecule has 1 amide bonds. The quantitative estimate of drug-likeness (QED) is 0.544. The molecule has 2 aliphatic rings. The van der Waals surface area contributed by atoms with E-state index in [1.54, 1.807) is 4.90 Å². The van der Waals surface area contributed by atoms with Gasteiger partial charge in [-0.3, -0.25) is 9.89 Å². The van der Waals surface area contributed by atoms with Crippen LogP contribution >= 0.6 is 11.8 Å². The number of rotatable bonds is 5. The lowest BCUT2D eigenvalue weighted by Gasteiger charge is -2.35. The van der Waals surface area contributed by atoms with Gasteiger partial charge in [0.2, 0.25) is 0 Å². The number of nitrogens with zero attached hydrogens (tertiary/aromatic N) is 3. The lowest BCUT2D eigenvalue weighted by Crippen LogP contribution is -2.52. The Morgan fingerprint density at radius 3 is 2.48 bits per heavy atom.